The van der Waals surface area contributed by atoms with Crippen LogP contribution in [-0.4, -0.2) is 30.1 Å². The molecule has 0 atom stereocenters. The normalized spacial score (nSPS) is 14.0. The summed E-state index contributed by atoms with van der Waals surface area (Å²) in [4.78, 5) is 13.2. The van der Waals surface area contributed by atoms with E-state index < -0.39 is 0 Å². The smallest absolute Gasteiger partial charge is 0.146 e. The fraction of sp³-hybridized carbons (Fsp3) is 0.444. The minimum absolute atomic E-state index is 0.179. The summed E-state index contributed by atoms with van der Waals surface area (Å²) in [5.74, 6) is 1.41. The van der Waals surface area contributed by atoms with Crippen LogP contribution in [-0.2, 0) is 13.0 Å². The first-order chi connectivity index (χ1) is 11.1. The molecule has 0 bridgehead atoms. The Morgan fingerprint density at radius 1 is 1.26 bits per heavy atom. The average molecular weight is 314 g/mol. The lowest BCUT2D eigenvalue weighted by Crippen LogP contribution is -2.34. The molecule has 2 heterocycles. The number of nitrogens with zero attached hydrogens (tertiary/aromatic N) is 4. The Labute approximate surface area is 137 Å². The Bertz CT molecular complexity index is 686. The van der Waals surface area contributed by atoms with Crippen molar-refractivity contribution in [2.45, 2.75) is 26.8 Å². The monoisotopic (exact) mass is 314 g/mol. The van der Waals surface area contributed by atoms with E-state index in [1.165, 1.54) is 11.6 Å². The van der Waals surface area contributed by atoms with E-state index in [0.717, 1.165) is 31.0 Å². The molecule has 1 aliphatic heterocycles. The third-order valence-electron chi connectivity index (χ3n) is 4.18. The van der Waals surface area contributed by atoms with Gasteiger partial charge in [0.05, 0.1) is 17.9 Å². The summed E-state index contributed by atoms with van der Waals surface area (Å²) in [5.41, 5.74) is 2.84. The van der Waals surface area contributed by atoms with Crippen LogP contribution in [0.2, 0.25) is 0 Å². The molecule has 0 N–H and O–H groups in total. The molecule has 3 rings (SSSR count). The molecule has 0 saturated carbocycles. The largest absolute Gasteiger partial charge is 0.363 e. The van der Waals surface area contributed by atoms with Crippen LogP contribution in [0.25, 0.3) is 0 Å². The quantitative estimate of drug-likeness (QED) is 0.867. The molecular weight excluding hydrogens is 291 g/mol. The van der Waals surface area contributed by atoms with Crippen LogP contribution in [0.4, 0.5) is 15.9 Å². The second-order valence-electron chi connectivity index (χ2n) is 6.52. The maximum Gasteiger partial charge on any atom is 0.146 e. The zero-order valence-electron chi connectivity index (χ0n) is 14.0. The molecule has 5 heteroatoms. The van der Waals surface area contributed by atoms with Crippen LogP contribution >= 0.6 is 0 Å². The number of fused-ring (bicyclic) bond motifs is 1. The maximum atomic E-state index is 14.0. The van der Waals surface area contributed by atoms with Gasteiger partial charge in [0.15, 0.2) is 0 Å². The van der Waals surface area contributed by atoms with Gasteiger partial charge in [0.2, 0.25) is 0 Å². The zero-order valence-corrected chi connectivity index (χ0v) is 14.0. The molecule has 0 saturated heterocycles. The second kappa shape index (κ2) is 6.52. The highest BCUT2D eigenvalue weighted by molar-refractivity contribution is 5.54. The molecule has 4 nitrogen and oxygen atoms in total. The summed E-state index contributed by atoms with van der Waals surface area (Å²) in [7, 11) is 2.08. The first-order valence-electron chi connectivity index (χ1n) is 8.09. The lowest BCUT2D eigenvalue weighted by Gasteiger charge is -2.32. The summed E-state index contributed by atoms with van der Waals surface area (Å²) in [6, 6.07) is 6.92. The van der Waals surface area contributed by atoms with Crippen molar-refractivity contribution in [3.8, 4) is 0 Å². The molecule has 0 amide bonds. The van der Waals surface area contributed by atoms with Gasteiger partial charge < -0.3 is 9.80 Å². The van der Waals surface area contributed by atoms with Crippen LogP contribution in [0.1, 0.15) is 25.1 Å². The van der Waals surface area contributed by atoms with Gasteiger partial charge in [-0.2, -0.15) is 0 Å². The number of aromatic nitrogens is 2. The highest BCUT2D eigenvalue weighted by Crippen LogP contribution is 2.29. The second-order valence-corrected chi connectivity index (χ2v) is 6.52. The van der Waals surface area contributed by atoms with Crippen LogP contribution in [0.15, 0.2) is 30.6 Å². The molecule has 0 unspecified atom stereocenters. The Kier molecular flexibility index (Phi) is 4.46. The van der Waals surface area contributed by atoms with E-state index in [-0.39, 0.29) is 5.82 Å². The van der Waals surface area contributed by atoms with E-state index in [4.69, 9.17) is 0 Å². The standard InChI is InChI=1S/C18H23FN4/c1-13(2)10-22(3)18-14-8-9-23(11-16(14)20-12-21-18)17-7-5-4-6-15(17)19/h4-7,12-13H,8-11H2,1-3H3. The van der Waals surface area contributed by atoms with Crippen LogP contribution in [0.5, 0.6) is 0 Å². The predicted octanol–water partition coefficient (Wildman–Crippen LogP) is 3.27. The summed E-state index contributed by atoms with van der Waals surface area (Å²) in [6.07, 6.45) is 2.46. The van der Waals surface area contributed by atoms with Crippen LogP contribution < -0.4 is 9.80 Å². The third-order valence-corrected chi connectivity index (χ3v) is 4.18. The van der Waals surface area contributed by atoms with Crippen molar-refractivity contribution in [3.63, 3.8) is 0 Å². The van der Waals surface area contributed by atoms with E-state index >= 15 is 0 Å². The molecule has 0 radical (unpaired) electrons. The first kappa shape index (κ1) is 15.7. The summed E-state index contributed by atoms with van der Waals surface area (Å²) in [6.45, 7) is 6.76. The van der Waals surface area contributed by atoms with E-state index in [1.54, 1.807) is 12.4 Å². The van der Waals surface area contributed by atoms with E-state index in [9.17, 15) is 4.39 Å². The van der Waals surface area contributed by atoms with Gasteiger partial charge in [0.25, 0.3) is 0 Å². The Morgan fingerprint density at radius 2 is 2.04 bits per heavy atom. The van der Waals surface area contributed by atoms with Crippen molar-refractivity contribution < 1.29 is 4.39 Å². The minimum atomic E-state index is -0.179. The van der Waals surface area contributed by atoms with Crippen molar-refractivity contribution in [1.29, 1.82) is 0 Å². The number of para-hydroxylation sites is 1. The molecule has 2 aromatic rings. The molecule has 1 aromatic carbocycles. The van der Waals surface area contributed by atoms with Gasteiger partial charge >= 0.3 is 0 Å². The van der Waals surface area contributed by atoms with Crippen LogP contribution in [0, 0.1) is 11.7 Å². The topological polar surface area (TPSA) is 32.3 Å². The minimum Gasteiger partial charge on any atom is -0.363 e. The number of rotatable bonds is 4. The van der Waals surface area contributed by atoms with E-state index in [0.29, 0.717) is 18.2 Å². The number of hydrogen-bond acceptors (Lipinski definition) is 4. The third kappa shape index (κ3) is 3.28. The molecule has 0 spiro atoms. The van der Waals surface area contributed by atoms with Crippen molar-refractivity contribution in [3.05, 3.63) is 47.7 Å². The number of benzene rings is 1. The number of hydrogen-bond donors (Lipinski definition) is 0. The van der Waals surface area contributed by atoms with E-state index in [2.05, 4.69) is 40.7 Å². The number of halogens is 1. The van der Waals surface area contributed by atoms with Gasteiger partial charge in [-0.1, -0.05) is 26.0 Å². The fourth-order valence-corrected chi connectivity index (χ4v) is 3.21. The van der Waals surface area contributed by atoms with Gasteiger partial charge in [-0.3, -0.25) is 0 Å². The van der Waals surface area contributed by atoms with Crippen molar-refractivity contribution in [2.24, 2.45) is 5.92 Å². The molecular formula is C18H23FN4. The molecule has 122 valence electrons. The number of anilines is 2. The molecule has 0 aliphatic carbocycles. The summed E-state index contributed by atoms with van der Waals surface area (Å²) in [5, 5.41) is 0. The average Bonchev–Trinajstić information content (AvgIpc) is 2.53. The lowest BCUT2D eigenvalue weighted by molar-refractivity contribution is 0.603. The Hall–Kier alpha value is -2.17. The SMILES string of the molecule is CC(C)CN(C)c1ncnc2c1CCN(c1ccccc1F)C2. The van der Waals surface area contributed by atoms with Crippen molar-refractivity contribution in [1.82, 2.24) is 9.97 Å². The Morgan fingerprint density at radius 3 is 2.78 bits per heavy atom. The first-order valence-corrected chi connectivity index (χ1v) is 8.09. The van der Waals surface area contributed by atoms with Crippen LogP contribution in [0.3, 0.4) is 0 Å². The van der Waals surface area contributed by atoms with Gasteiger partial charge in [-0.15, -0.1) is 0 Å². The molecule has 23 heavy (non-hydrogen) atoms. The summed E-state index contributed by atoms with van der Waals surface area (Å²) >= 11 is 0. The van der Waals surface area contributed by atoms with Crippen molar-refractivity contribution >= 4 is 11.5 Å². The zero-order chi connectivity index (χ0) is 16.4. The summed E-state index contributed by atoms with van der Waals surface area (Å²) < 4.78 is 14.0. The fourth-order valence-electron chi connectivity index (χ4n) is 3.21. The molecule has 0 fully saturated rings. The Balaban J connectivity index is 1.86. The highest BCUT2D eigenvalue weighted by atomic mass is 19.1. The molecule has 1 aromatic heterocycles. The van der Waals surface area contributed by atoms with Gasteiger partial charge in [-0.05, 0) is 24.5 Å². The van der Waals surface area contributed by atoms with Gasteiger partial charge in [0.1, 0.15) is 18.0 Å². The van der Waals surface area contributed by atoms with E-state index in [1.807, 2.05) is 12.1 Å². The van der Waals surface area contributed by atoms with Gasteiger partial charge in [0, 0.05) is 25.7 Å². The van der Waals surface area contributed by atoms with Gasteiger partial charge in [-0.25, -0.2) is 14.4 Å². The predicted molar refractivity (Wildman–Crippen MR) is 91.3 cm³/mol. The molecule has 1 aliphatic rings. The highest BCUT2D eigenvalue weighted by Gasteiger charge is 2.24. The van der Waals surface area contributed by atoms with Crippen molar-refractivity contribution in [2.75, 3.05) is 29.9 Å². The lowest BCUT2D eigenvalue weighted by atomic mass is 10.0. The maximum absolute atomic E-state index is 14.0.